The Morgan fingerprint density at radius 1 is 1.53 bits per heavy atom. The molecule has 1 rings (SSSR count). The SMILES string of the molecule is CC(NC(C)c1cc(Cl)sc1Cl)C(=O)O. The van der Waals surface area contributed by atoms with Crippen LogP contribution in [0.4, 0.5) is 0 Å². The zero-order chi connectivity index (χ0) is 11.6. The van der Waals surface area contributed by atoms with Gasteiger partial charge in [-0.2, -0.15) is 0 Å². The Balaban J connectivity index is 2.72. The second-order valence-electron chi connectivity index (χ2n) is 3.23. The van der Waals surface area contributed by atoms with Gasteiger partial charge in [-0.15, -0.1) is 11.3 Å². The van der Waals surface area contributed by atoms with Crippen molar-refractivity contribution < 1.29 is 9.90 Å². The van der Waals surface area contributed by atoms with Crippen molar-refractivity contribution in [3.05, 3.63) is 20.3 Å². The lowest BCUT2D eigenvalue weighted by atomic mass is 10.1. The van der Waals surface area contributed by atoms with E-state index in [2.05, 4.69) is 5.32 Å². The summed E-state index contributed by atoms with van der Waals surface area (Å²) in [5.41, 5.74) is 0.833. The number of carboxylic acid groups (broad SMARTS) is 1. The number of hydrogen-bond donors (Lipinski definition) is 2. The van der Waals surface area contributed by atoms with Crippen LogP contribution in [0.15, 0.2) is 6.07 Å². The molecule has 1 aromatic rings. The lowest BCUT2D eigenvalue weighted by Gasteiger charge is -2.16. The Morgan fingerprint density at radius 2 is 2.13 bits per heavy atom. The molecule has 1 heterocycles. The van der Waals surface area contributed by atoms with Crippen LogP contribution in [-0.2, 0) is 4.79 Å². The minimum absolute atomic E-state index is 0.132. The number of aliphatic carboxylic acids is 1. The molecule has 2 unspecified atom stereocenters. The van der Waals surface area contributed by atoms with Crippen molar-refractivity contribution in [1.29, 1.82) is 0 Å². The zero-order valence-electron chi connectivity index (χ0n) is 8.25. The fraction of sp³-hybridized carbons (Fsp3) is 0.444. The fourth-order valence-corrected chi connectivity index (χ4v) is 2.83. The molecule has 0 aliphatic carbocycles. The van der Waals surface area contributed by atoms with Crippen LogP contribution < -0.4 is 5.32 Å². The molecule has 6 heteroatoms. The maximum absolute atomic E-state index is 10.6. The zero-order valence-corrected chi connectivity index (χ0v) is 10.6. The summed E-state index contributed by atoms with van der Waals surface area (Å²) in [7, 11) is 0. The van der Waals surface area contributed by atoms with E-state index in [1.807, 2.05) is 6.92 Å². The first kappa shape index (κ1) is 12.8. The summed E-state index contributed by atoms with van der Waals surface area (Å²) in [6, 6.07) is 1.00. The summed E-state index contributed by atoms with van der Waals surface area (Å²) in [6.45, 7) is 3.43. The molecule has 0 saturated heterocycles. The molecule has 0 spiro atoms. The monoisotopic (exact) mass is 267 g/mol. The summed E-state index contributed by atoms with van der Waals surface area (Å²) in [6.07, 6.45) is 0. The molecule has 0 fully saturated rings. The highest BCUT2D eigenvalue weighted by Crippen LogP contribution is 2.34. The van der Waals surface area contributed by atoms with Gasteiger partial charge in [0.15, 0.2) is 0 Å². The van der Waals surface area contributed by atoms with Crippen molar-refractivity contribution >= 4 is 40.5 Å². The van der Waals surface area contributed by atoms with Crippen molar-refractivity contribution in [3.8, 4) is 0 Å². The van der Waals surface area contributed by atoms with E-state index in [-0.39, 0.29) is 6.04 Å². The van der Waals surface area contributed by atoms with Crippen molar-refractivity contribution in [3.63, 3.8) is 0 Å². The fourth-order valence-electron chi connectivity index (χ4n) is 1.18. The van der Waals surface area contributed by atoms with Crippen LogP contribution >= 0.6 is 34.5 Å². The lowest BCUT2D eigenvalue weighted by Crippen LogP contribution is -2.35. The molecule has 2 atom stereocenters. The highest BCUT2D eigenvalue weighted by Gasteiger charge is 2.18. The quantitative estimate of drug-likeness (QED) is 0.881. The highest BCUT2D eigenvalue weighted by atomic mass is 35.5. The molecule has 3 nitrogen and oxygen atoms in total. The topological polar surface area (TPSA) is 49.3 Å². The van der Waals surface area contributed by atoms with E-state index in [9.17, 15) is 4.79 Å². The molecule has 0 aromatic carbocycles. The third-order valence-electron chi connectivity index (χ3n) is 2.02. The van der Waals surface area contributed by atoms with Gasteiger partial charge < -0.3 is 5.11 Å². The molecular formula is C9H11Cl2NO2S. The average Bonchev–Trinajstić information content (AvgIpc) is 2.44. The first-order valence-corrected chi connectivity index (χ1v) is 5.92. The van der Waals surface area contributed by atoms with Crippen LogP contribution in [0.5, 0.6) is 0 Å². The molecule has 0 saturated carbocycles. The minimum Gasteiger partial charge on any atom is -0.480 e. The molecule has 1 aromatic heterocycles. The Hall–Kier alpha value is -0.290. The van der Waals surface area contributed by atoms with E-state index < -0.39 is 12.0 Å². The molecule has 0 aliphatic heterocycles. The summed E-state index contributed by atoms with van der Waals surface area (Å²) in [5, 5.41) is 11.6. The van der Waals surface area contributed by atoms with E-state index in [1.54, 1.807) is 13.0 Å². The number of thiophene rings is 1. The maximum Gasteiger partial charge on any atom is 0.320 e. The lowest BCUT2D eigenvalue weighted by molar-refractivity contribution is -0.139. The summed E-state index contributed by atoms with van der Waals surface area (Å²) >= 11 is 13.0. The van der Waals surface area contributed by atoms with Crippen molar-refractivity contribution in [2.45, 2.75) is 25.9 Å². The van der Waals surface area contributed by atoms with E-state index >= 15 is 0 Å². The first-order valence-electron chi connectivity index (χ1n) is 4.35. The Bertz CT molecular complexity index is 367. The third-order valence-corrected chi connectivity index (χ3v) is 3.54. The smallest absolute Gasteiger partial charge is 0.320 e. The second-order valence-corrected chi connectivity index (χ2v) is 5.51. The summed E-state index contributed by atoms with van der Waals surface area (Å²) in [4.78, 5) is 10.6. The molecular weight excluding hydrogens is 257 g/mol. The van der Waals surface area contributed by atoms with Crippen LogP contribution in [0.2, 0.25) is 8.67 Å². The number of halogens is 2. The van der Waals surface area contributed by atoms with Gasteiger partial charge in [-0.25, -0.2) is 0 Å². The molecule has 0 aliphatic rings. The molecule has 84 valence electrons. The van der Waals surface area contributed by atoms with E-state index in [1.165, 1.54) is 11.3 Å². The number of nitrogens with one attached hydrogen (secondary N) is 1. The van der Waals surface area contributed by atoms with E-state index in [4.69, 9.17) is 28.3 Å². The second kappa shape index (κ2) is 5.16. The standard InChI is InChI=1S/C9H11Cl2NO2S/c1-4(12-5(2)9(13)14)6-3-7(10)15-8(6)11/h3-5,12H,1-2H3,(H,13,14). The third kappa shape index (κ3) is 3.34. The van der Waals surface area contributed by atoms with E-state index in [0.29, 0.717) is 8.67 Å². The number of rotatable bonds is 4. The van der Waals surface area contributed by atoms with Crippen molar-refractivity contribution in [1.82, 2.24) is 5.32 Å². The number of hydrogen-bond acceptors (Lipinski definition) is 3. The van der Waals surface area contributed by atoms with Gasteiger partial charge in [0.2, 0.25) is 0 Å². The molecule has 2 N–H and O–H groups in total. The largest absolute Gasteiger partial charge is 0.480 e. The van der Waals surface area contributed by atoms with Gasteiger partial charge in [-0.3, -0.25) is 10.1 Å². The van der Waals surface area contributed by atoms with Gasteiger partial charge >= 0.3 is 5.97 Å². The highest BCUT2D eigenvalue weighted by molar-refractivity contribution is 7.20. The van der Waals surface area contributed by atoms with Gasteiger partial charge in [0.05, 0.1) is 8.67 Å². The maximum atomic E-state index is 10.6. The van der Waals surface area contributed by atoms with E-state index in [0.717, 1.165) is 5.56 Å². The number of carbonyl (C=O) groups is 1. The predicted molar refractivity (Wildman–Crippen MR) is 63.0 cm³/mol. The molecule has 0 bridgehead atoms. The average molecular weight is 268 g/mol. The van der Waals surface area contributed by atoms with Gasteiger partial charge in [-0.05, 0) is 25.5 Å². The molecule has 15 heavy (non-hydrogen) atoms. The van der Waals surface area contributed by atoms with Crippen molar-refractivity contribution in [2.24, 2.45) is 0 Å². The Kier molecular flexibility index (Phi) is 4.40. The number of carboxylic acids is 1. The normalized spacial score (nSPS) is 14.9. The van der Waals surface area contributed by atoms with Crippen LogP contribution in [0, 0.1) is 0 Å². The van der Waals surface area contributed by atoms with Gasteiger partial charge in [-0.1, -0.05) is 23.2 Å². The molecule has 0 amide bonds. The van der Waals surface area contributed by atoms with Crippen LogP contribution in [-0.4, -0.2) is 17.1 Å². The van der Waals surface area contributed by atoms with Gasteiger partial charge in [0.1, 0.15) is 6.04 Å². The summed E-state index contributed by atoms with van der Waals surface area (Å²) < 4.78 is 1.20. The van der Waals surface area contributed by atoms with Crippen LogP contribution in [0.25, 0.3) is 0 Å². The van der Waals surface area contributed by atoms with Crippen molar-refractivity contribution in [2.75, 3.05) is 0 Å². The molecule has 0 radical (unpaired) electrons. The van der Waals surface area contributed by atoms with Crippen LogP contribution in [0.1, 0.15) is 25.5 Å². The van der Waals surface area contributed by atoms with Gasteiger partial charge in [0.25, 0.3) is 0 Å². The Morgan fingerprint density at radius 3 is 2.53 bits per heavy atom. The Labute approximate surface area is 102 Å². The minimum atomic E-state index is -0.890. The van der Waals surface area contributed by atoms with Crippen LogP contribution in [0.3, 0.4) is 0 Å². The predicted octanol–water partition coefficient (Wildman–Crippen LogP) is 3.18. The summed E-state index contributed by atoms with van der Waals surface area (Å²) in [5.74, 6) is -0.890. The van der Waals surface area contributed by atoms with Gasteiger partial charge in [0, 0.05) is 6.04 Å². The first-order chi connectivity index (χ1) is 6.91.